The molecule has 1 amide bonds. The Hall–Kier alpha value is -2.69. The standard InChI is InChI=1S/C24H28N2O4S/c1-3-30-23(28)21-16-31-24(25-21)26-22(27)20(15-18-7-4-5-8-18)19-12-10-17(11-13-19)9-6-14-29-2/h10-13,16,18,20H,3-5,7-8,14-15H2,1-2H3,(H,25,26,27). The number of methoxy groups -OCH3 is 1. The van der Waals surface area contributed by atoms with Crippen molar-refractivity contribution in [2.75, 3.05) is 25.6 Å². The summed E-state index contributed by atoms with van der Waals surface area (Å²) in [7, 11) is 1.61. The Balaban J connectivity index is 1.74. The molecule has 1 fully saturated rings. The molecule has 1 heterocycles. The van der Waals surface area contributed by atoms with Crippen molar-refractivity contribution in [2.45, 2.75) is 44.9 Å². The van der Waals surface area contributed by atoms with Gasteiger partial charge in [-0.15, -0.1) is 11.3 Å². The number of esters is 1. The van der Waals surface area contributed by atoms with Gasteiger partial charge in [0.05, 0.1) is 12.5 Å². The van der Waals surface area contributed by atoms with Gasteiger partial charge in [-0.2, -0.15) is 0 Å². The van der Waals surface area contributed by atoms with Gasteiger partial charge in [0.1, 0.15) is 6.61 Å². The van der Waals surface area contributed by atoms with Gasteiger partial charge >= 0.3 is 5.97 Å². The summed E-state index contributed by atoms with van der Waals surface area (Å²) in [5, 5.41) is 4.92. The molecule has 0 aliphatic heterocycles. The lowest BCUT2D eigenvalue weighted by Gasteiger charge is -2.20. The Morgan fingerprint density at radius 2 is 2.00 bits per heavy atom. The molecule has 2 aromatic rings. The van der Waals surface area contributed by atoms with Crippen LogP contribution in [-0.4, -0.2) is 37.2 Å². The van der Waals surface area contributed by atoms with E-state index < -0.39 is 5.97 Å². The van der Waals surface area contributed by atoms with Crippen LogP contribution in [0.2, 0.25) is 0 Å². The Morgan fingerprint density at radius 1 is 1.26 bits per heavy atom. The zero-order valence-electron chi connectivity index (χ0n) is 18.0. The van der Waals surface area contributed by atoms with E-state index in [1.165, 1.54) is 24.2 Å². The molecule has 1 atom stereocenters. The van der Waals surface area contributed by atoms with E-state index in [2.05, 4.69) is 22.1 Å². The highest BCUT2D eigenvalue weighted by Crippen LogP contribution is 2.35. The molecule has 0 bridgehead atoms. The van der Waals surface area contributed by atoms with Crippen molar-refractivity contribution in [1.29, 1.82) is 0 Å². The first-order valence-electron chi connectivity index (χ1n) is 10.6. The van der Waals surface area contributed by atoms with E-state index in [1.54, 1.807) is 19.4 Å². The normalized spacial score (nSPS) is 14.5. The maximum Gasteiger partial charge on any atom is 0.357 e. The molecule has 1 unspecified atom stereocenters. The predicted molar refractivity (Wildman–Crippen MR) is 121 cm³/mol. The minimum absolute atomic E-state index is 0.102. The van der Waals surface area contributed by atoms with Crippen LogP contribution in [0.4, 0.5) is 5.13 Å². The first-order valence-corrected chi connectivity index (χ1v) is 11.5. The second kappa shape index (κ2) is 11.6. The summed E-state index contributed by atoms with van der Waals surface area (Å²) in [5.41, 5.74) is 2.07. The molecular formula is C24H28N2O4S. The number of carbonyl (C=O) groups is 2. The molecule has 0 radical (unpaired) electrons. The predicted octanol–water partition coefficient (Wildman–Crippen LogP) is 4.62. The molecule has 1 aromatic heterocycles. The number of nitrogens with zero attached hydrogens (tertiary/aromatic N) is 1. The number of nitrogens with one attached hydrogen (secondary N) is 1. The molecule has 164 valence electrons. The van der Waals surface area contributed by atoms with Crippen molar-refractivity contribution >= 4 is 28.3 Å². The van der Waals surface area contributed by atoms with Crippen LogP contribution in [0, 0.1) is 17.8 Å². The second-order valence-corrected chi connectivity index (χ2v) is 8.40. The fourth-order valence-electron chi connectivity index (χ4n) is 3.81. The number of benzene rings is 1. The van der Waals surface area contributed by atoms with Crippen LogP contribution in [0.5, 0.6) is 0 Å². The number of ether oxygens (including phenoxy) is 2. The third-order valence-corrected chi connectivity index (χ3v) is 6.10. The summed E-state index contributed by atoms with van der Waals surface area (Å²) in [5.74, 6) is 5.67. The molecular weight excluding hydrogens is 412 g/mol. The zero-order chi connectivity index (χ0) is 22.1. The quantitative estimate of drug-likeness (QED) is 0.479. The minimum atomic E-state index is -0.480. The largest absolute Gasteiger partial charge is 0.461 e. The fourth-order valence-corrected chi connectivity index (χ4v) is 4.49. The smallest absolute Gasteiger partial charge is 0.357 e. The number of hydrogen-bond donors (Lipinski definition) is 1. The van der Waals surface area contributed by atoms with Crippen LogP contribution in [0.25, 0.3) is 0 Å². The lowest BCUT2D eigenvalue weighted by Crippen LogP contribution is -2.23. The van der Waals surface area contributed by atoms with Crippen molar-refractivity contribution in [3.05, 3.63) is 46.5 Å². The van der Waals surface area contributed by atoms with Gasteiger partial charge in [0.15, 0.2) is 10.8 Å². The van der Waals surface area contributed by atoms with Crippen molar-refractivity contribution < 1.29 is 19.1 Å². The summed E-state index contributed by atoms with van der Waals surface area (Å²) in [6, 6.07) is 7.83. The summed E-state index contributed by atoms with van der Waals surface area (Å²) in [4.78, 5) is 29.3. The summed E-state index contributed by atoms with van der Waals surface area (Å²) >= 11 is 1.23. The Labute approximate surface area is 187 Å². The highest BCUT2D eigenvalue weighted by Gasteiger charge is 2.27. The van der Waals surface area contributed by atoms with E-state index >= 15 is 0 Å². The van der Waals surface area contributed by atoms with Crippen LogP contribution < -0.4 is 5.32 Å². The van der Waals surface area contributed by atoms with E-state index in [-0.39, 0.29) is 24.1 Å². The van der Waals surface area contributed by atoms with Crippen LogP contribution >= 0.6 is 11.3 Å². The van der Waals surface area contributed by atoms with Gasteiger partial charge in [0.25, 0.3) is 0 Å². The average molecular weight is 441 g/mol. The van der Waals surface area contributed by atoms with Crippen molar-refractivity contribution in [1.82, 2.24) is 4.98 Å². The van der Waals surface area contributed by atoms with Crippen LogP contribution in [0.3, 0.4) is 0 Å². The summed E-state index contributed by atoms with van der Waals surface area (Å²) in [6.45, 7) is 2.42. The molecule has 3 rings (SSSR count). The van der Waals surface area contributed by atoms with E-state index in [1.807, 2.05) is 24.3 Å². The number of rotatable bonds is 8. The maximum absolute atomic E-state index is 13.2. The number of carbonyl (C=O) groups excluding carboxylic acids is 2. The van der Waals surface area contributed by atoms with E-state index in [0.29, 0.717) is 17.7 Å². The SMILES string of the molecule is CCOC(=O)c1csc(NC(=O)C(CC2CCCC2)c2ccc(C#CCOC)cc2)n1. The molecule has 31 heavy (non-hydrogen) atoms. The van der Waals surface area contributed by atoms with Gasteiger partial charge in [-0.3, -0.25) is 4.79 Å². The van der Waals surface area contributed by atoms with Gasteiger partial charge in [-0.1, -0.05) is 49.7 Å². The Kier molecular flexibility index (Phi) is 8.63. The van der Waals surface area contributed by atoms with Gasteiger partial charge < -0.3 is 14.8 Å². The Morgan fingerprint density at radius 3 is 2.68 bits per heavy atom. The lowest BCUT2D eigenvalue weighted by molar-refractivity contribution is -0.118. The third-order valence-electron chi connectivity index (χ3n) is 5.34. The number of hydrogen-bond acceptors (Lipinski definition) is 6. The first kappa shape index (κ1) is 23.0. The monoisotopic (exact) mass is 440 g/mol. The number of thiazole rings is 1. The molecule has 7 heteroatoms. The van der Waals surface area contributed by atoms with Crippen LogP contribution in [-0.2, 0) is 14.3 Å². The highest BCUT2D eigenvalue weighted by atomic mass is 32.1. The molecule has 1 saturated carbocycles. The molecule has 0 saturated heterocycles. The molecule has 1 N–H and O–H groups in total. The van der Waals surface area contributed by atoms with E-state index in [4.69, 9.17) is 9.47 Å². The van der Waals surface area contributed by atoms with E-state index in [9.17, 15) is 9.59 Å². The van der Waals surface area contributed by atoms with Crippen molar-refractivity contribution in [3.8, 4) is 11.8 Å². The highest BCUT2D eigenvalue weighted by molar-refractivity contribution is 7.14. The topological polar surface area (TPSA) is 77.5 Å². The lowest BCUT2D eigenvalue weighted by atomic mass is 9.87. The number of aromatic nitrogens is 1. The summed E-state index contributed by atoms with van der Waals surface area (Å²) in [6.07, 6.45) is 5.57. The fraction of sp³-hybridized carbons (Fsp3) is 0.458. The molecule has 0 spiro atoms. The van der Waals surface area contributed by atoms with Crippen LogP contribution in [0.1, 0.15) is 66.6 Å². The molecule has 1 aliphatic rings. The zero-order valence-corrected chi connectivity index (χ0v) is 18.8. The second-order valence-electron chi connectivity index (χ2n) is 7.54. The van der Waals surface area contributed by atoms with Crippen molar-refractivity contribution in [3.63, 3.8) is 0 Å². The van der Waals surface area contributed by atoms with Gasteiger partial charge in [-0.25, -0.2) is 9.78 Å². The van der Waals surface area contributed by atoms with Crippen LogP contribution in [0.15, 0.2) is 29.6 Å². The van der Waals surface area contributed by atoms with Gasteiger partial charge in [0.2, 0.25) is 5.91 Å². The number of amides is 1. The Bertz CT molecular complexity index is 936. The van der Waals surface area contributed by atoms with Gasteiger partial charge in [0, 0.05) is 18.1 Å². The molecule has 1 aliphatic carbocycles. The molecule has 6 nitrogen and oxygen atoms in total. The summed E-state index contributed by atoms with van der Waals surface area (Å²) < 4.78 is 9.93. The molecule has 1 aromatic carbocycles. The van der Waals surface area contributed by atoms with E-state index in [0.717, 1.165) is 30.4 Å². The minimum Gasteiger partial charge on any atom is -0.461 e. The van der Waals surface area contributed by atoms with Crippen molar-refractivity contribution in [2.24, 2.45) is 5.92 Å². The van der Waals surface area contributed by atoms with Gasteiger partial charge in [-0.05, 0) is 37.0 Å². The maximum atomic E-state index is 13.2. The average Bonchev–Trinajstić information content (AvgIpc) is 3.45. The number of anilines is 1. The first-order chi connectivity index (χ1) is 15.1. The third kappa shape index (κ3) is 6.65.